The van der Waals surface area contributed by atoms with Gasteiger partial charge in [-0.1, -0.05) is 42.7 Å². The molecular weight excluding hydrogens is 208 g/mol. The molecule has 0 amide bonds. The minimum absolute atomic E-state index is 0.951. The van der Waals surface area contributed by atoms with Crippen LogP contribution in [0.25, 0.3) is 5.57 Å². The summed E-state index contributed by atoms with van der Waals surface area (Å²) in [5, 5.41) is 0. The van der Waals surface area contributed by atoms with Crippen molar-refractivity contribution in [2.75, 3.05) is 0 Å². The minimum atomic E-state index is 0.951. The van der Waals surface area contributed by atoms with E-state index in [9.17, 15) is 4.79 Å². The van der Waals surface area contributed by atoms with E-state index in [-0.39, 0.29) is 0 Å². The fraction of sp³-hybridized carbons (Fsp3) is 0.438. The SMILES string of the molecule is Cc1ccc(/C2=C(\C=O)CCCCCC2)cc1. The molecule has 0 N–H and O–H groups in total. The maximum Gasteiger partial charge on any atom is 0.146 e. The summed E-state index contributed by atoms with van der Waals surface area (Å²) in [5.41, 5.74) is 4.81. The standard InChI is InChI=1S/C16H20O/c1-13-8-10-14(11-9-13)16-7-5-3-2-4-6-15(16)12-17/h8-12H,2-7H2,1H3/b16-15-. The van der Waals surface area contributed by atoms with E-state index in [1.165, 1.54) is 36.0 Å². The fourth-order valence-corrected chi connectivity index (χ4v) is 2.50. The number of aryl methyl sites for hydroxylation is 1. The molecule has 1 aliphatic rings. The Bertz CT molecular complexity index is 412. The van der Waals surface area contributed by atoms with Gasteiger partial charge in [-0.25, -0.2) is 0 Å². The normalized spacial score (nSPS) is 21.7. The van der Waals surface area contributed by atoms with E-state index in [0.717, 1.165) is 31.1 Å². The van der Waals surface area contributed by atoms with Gasteiger partial charge in [0.25, 0.3) is 0 Å². The van der Waals surface area contributed by atoms with Crippen LogP contribution >= 0.6 is 0 Å². The van der Waals surface area contributed by atoms with Crippen LogP contribution in [0.5, 0.6) is 0 Å². The predicted octanol–water partition coefficient (Wildman–Crippen LogP) is 4.30. The number of carbonyl (C=O) groups excluding carboxylic acids is 1. The third kappa shape index (κ3) is 3.06. The maximum absolute atomic E-state index is 11.2. The molecule has 1 aromatic rings. The molecule has 0 bridgehead atoms. The van der Waals surface area contributed by atoms with E-state index in [1.807, 2.05) is 0 Å². The second-order valence-electron chi connectivity index (χ2n) is 4.90. The van der Waals surface area contributed by atoms with Crippen LogP contribution < -0.4 is 0 Å². The number of carbonyl (C=O) groups is 1. The maximum atomic E-state index is 11.2. The van der Waals surface area contributed by atoms with Gasteiger partial charge in [0.05, 0.1) is 0 Å². The molecule has 2 rings (SSSR count). The van der Waals surface area contributed by atoms with Crippen molar-refractivity contribution in [1.29, 1.82) is 0 Å². The van der Waals surface area contributed by atoms with E-state index >= 15 is 0 Å². The summed E-state index contributed by atoms with van der Waals surface area (Å²) in [4.78, 5) is 11.2. The number of aldehydes is 1. The topological polar surface area (TPSA) is 17.1 Å². The monoisotopic (exact) mass is 228 g/mol. The first-order chi connectivity index (χ1) is 8.31. The number of hydrogen-bond acceptors (Lipinski definition) is 1. The summed E-state index contributed by atoms with van der Waals surface area (Å²) in [6.45, 7) is 2.09. The Morgan fingerprint density at radius 2 is 1.59 bits per heavy atom. The largest absolute Gasteiger partial charge is 0.298 e. The van der Waals surface area contributed by atoms with Gasteiger partial charge in [-0.2, -0.15) is 0 Å². The minimum Gasteiger partial charge on any atom is -0.298 e. The molecule has 0 spiro atoms. The first-order valence-electron chi connectivity index (χ1n) is 6.55. The number of hydrogen-bond donors (Lipinski definition) is 0. The third-order valence-electron chi connectivity index (χ3n) is 3.55. The number of benzene rings is 1. The van der Waals surface area contributed by atoms with E-state index in [2.05, 4.69) is 31.2 Å². The second kappa shape index (κ2) is 5.81. The number of allylic oxidation sites excluding steroid dienone is 2. The molecule has 1 heteroatoms. The lowest BCUT2D eigenvalue weighted by Gasteiger charge is -2.15. The molecule has 0 aliphatic heterocycles. The summed E-state index contributed by atoms with van der Waals surface area (Å²) in [6, 6.07) is 8.55. The van der Waals surface area contributed by atoms with Gasteiger partial charge in [-0.3, -0.25) is 4.79 Å². The van der Waals surface area contributed by atoms with Crippen molar-refractivity contribution in [3.05, 3.63) is 41.0 Å². The molecule has 0 saturated carbocycles. The highest BCUT2D eigenvalue weighted by Crippen LogP contribution is 2.29. The molecule has 0 saturated heterocycles. The van der Waals surface area contributed by atoms with Crippen LogP contribution in [0, 0.1) is 6.92 Å². The fourth-order valence-electron chi connectivity index (χ4n) is 2.50. The van der Waals surface area contributed by atoms with E-state index in [1.54, 1.807) is 0 Å². The van der Waals surface area contributed by atoms with Gasteiger partial charge >= 0.3 is 0 Å². The summed E-state index contributed by atoms with van der Waals surface area (Å²) >= 11 is 0. The van der Waals surface area contributed by atoms with Crippen molar-refractivity contribution < 1.29 is 4.79 Å². The Balaban J connectivity index is 2.35. The Morgan fingerprint density at radius 3 is 2.24 bits per heavy atom. The molecule has 0 aromatic heterocycles. The summed E-state index contributed by atoms with van der Waals surface area (Å²) < 4.78 is 0. The van der Waals surface area contributed by atoms with Gasteiger partial charge < -0.3 is 0 Å². The molecule has 0 heterocycles. The van der Waals surface area contributed by atoms with Crippen molar-refractivity contribution in [1.82, 2.24) is 0 Å². The first-order valence-corrected chi connectivity index (χ1v) is 6.55. The Hall–Kier alpha value is -1.37. The Labute approximate surface area is 104 Å². The van der Waals surface area contributed by atoms with Gasteiger partial charge in [-0.05, 0) is 49.3 Å². The van der Waals surface area contributed by atoms with Gasteiger partial charge in [0, 0.05) is 0 Å². The zero-order chi connectivity index (χ0) is 12.1. The zero-order valence-electron chi connectivity index (χ0n) is 10.5. The Kier molecular flexibility index (Phi) is 4.13. The van der Waals surface area contributed by atoms with Crippen LogP contribution in [0.4, 0.5) is 0 Å². The molecular formula is C16H20O. The quantitative estimate of drug-likeness (QED) is 0.690. The van der Waals surface area contributed by atoms with Gasteiger partial charge in [-0.15, -0.1) is 0 Å². The van der Waals surface area contributed by atoms with E-state index in [4.69, 9.17) is 0 Å². The first kappa shape index (κ1) is 12.1. The van der Waals surface area contributed by atoms with Crippen molar-refractivity contribution in [3.8, 4) is 0 Å². The molecule has 1 aliphatic carbocycles. The molecule has 0 radical (unpaired) electrons. The lowest BCUT2D eigenvalue weighted by molar-refractivity contribution is -0.105. The van der Waals surface area contributed by atoms with Gasteiger partial charge in [0.15, 0.2) is 0 Å². The summed E-state index contributed by atoms with van der Waals surface area (Å²) in [7, 11) is 0. The highest BCUT2D eigenvalue weighted by Gasteiger charge is 2.11. The lowest BCUT2D eigenvalue weighted by Crippen LogP contribution is -1.98. The Morgan fingerprint density at radius 1 is 0.941 bits per heavy atom. The molecule has 17 heavy (non-hydrogen) atoms. The molecule has 0 fully saturated rings. The van der Waals surface area contributed by atoms with Crippen LogP contribution in [-0.2, 0) is 4.79 Å². The molecule has 0 unspecified atom stereocenters. The average Bonchev–Trinajstić information content (AvgIpc) is 2.31. The van der Waals surface area contributed by atoms with Crippen molar-refractivity contribution in [2.24, 2.45) is 0 Å². The summed E-state index contributed by atoms with van der Waals surface area (Å²) in [6.07, 6.45) is 7.99. The molecule has 90 valence electrons. The van der Waals surface area contributed by atoms with Gasteiger partial charge in [0.1, 0.15) is 6.29 Å². The second-order valence-corrected chi connectivity index (χ2v) is 4.90. The van der Waals surface area contributed by atoms with Crippen LogP contribution in [0.15, 0.2) is 29.8 Å². The average molecular weight is 228 g/mol. The van der Waals surface area contributed by atoms with Crippen molar-refractivity contribution in [3.63, 3.8) is 0 Å². The molecule has 1 aromatic carbocycles. The smallest absolute Gasteiger partial charge is 0.146 e. The van der Waals surface area contributed by atoms with Gasteiger partial charge in [0.2, 0.25) is 0 Å². The molecule has 1 nitrogen and oxygen atoms in total. The zero-order valence-corrected chi connectivity index (χ0v) is 10.5. The van der Waals surface area contributed by atoms with E-state index in [0.29, 0.717) is 0 Å². The molecule has 0 atom stereocenters. The van der Waals surface area contributed by atoms with Crippen LogP contribution in [0.1, 0.15) is 49.7 Å². The van der Waals surface area contributed by atoms with Crippen LogP contribution in [0.2, 0.25) is 0 Å². The van der Waals surface area contributed by atoms with Crippen LogP contribution in [-0.4, -0.2) is 6.29 Å². The third-order valence-corrected chi connectivity index (χ3v) is 3.55. The highest BCUT2D eigenvalue weighted by molar-refractivity contribution is 5.88. The van der Waals surface area contributed by atoms with Crippen molar-refractivity contribution >= 4 is 11.9 Å². The van der Waals surface area contributed by atoms with Crippen LogP contribution in [0.3, 0.4) is 0 Å². The highest BCUT2D eigenvalue weighted by atomic mass is 16.1. The number of rotatable bonds is 2. The van der Waals surface area contributed by atoms with Crippen molar-refractivity contribution in [2.45, 2.75) is 45.4 Å². The predicted molar refractivity (Wildman–Crippen MR) is 71.9 cm³/mol. The summed E-state index contributed by atoms with van der Waals surface area (Å²) in [5.74, 6) is 0. The van der Waals surface area contributed by atoms with E-state index < -0.39 is 0 Å². The lowest BCUT2D eigenvalue weighted by atomic mass is 9.89.